The van der Waals surface area contributed by atoms with Crippen LogP contribution in [0.4, 0.5) is 8.78 Å². The van der Waals surface area contributed by atoms with Gasteiger partial charge < -0.3 is 4.74 Å². The van der Waals surface area contributed by atoms with Crippen molar-refractivity contribution in [2.45, 2.75) is 31.3 Å². The second-order valence-corrected chi connectivity index (χ2v) is 6.19. The molecular weight excluding hydrogens is 298 g/mol. The van der Waals surface area contributed by atoms with Gasteiger partial charge in [-0.05, 0) is 30.2 Å². The molecule has 2 nitrogen and oxygen atoms in total. The van der Waals surface area contributed by atoms with Crippen molar-refractivity contribution in [1.29, 1.82) is 0 Å². The Balaban J connectivity index is 1.74. The Kier molecular flexibility index (Phi) is 4.26. The lowest BCUT2D eigenvalue weighted by Gasteiger charge is -2.41. The van der Waals surface area contributed by atoms with Gasteiger partial charge in [0.1, 0.15) is 17.4 Å². The molecule has 0 heterocycles. The molecule has 120 valence electrons. The molecule has 3 rings (SSSR count). The van der Waals surface area contributed by atoms with E-state index in [-0.39, 0.29) is 11.2 Å². The highest BCUT2D eigenvalue weighted by Gasteiger charge is 2.45. The molecule has 1 fully saturated rings. The average molecular weight is 316 g/mol. The monoisotopic (exact) mass is 316 g/mol. The molecule has 23 heavy (non-hydrogen) atoms. The van der Waals surface area contributed by atoms with E-state index in [0.29, 0.717) is 25.0 Å². The van der Waals surface area contributed by atoms with E-state index in [2.05, 4.69) is 0 Å². The standard InChI is InChI=1S/C19H18F2O2/c1-13(14-7-16(20)9-17(21)8-14)23-12-19(10-18(22)11-19)15-5-3-2-4-6-15/h2-9,13H,10-12H2,1H3/t13-/m1/s1. The fourth-order valence-electron chi connectivity index (χ4n) is 3.07. The van der Waals surface area contributed by atoms with E-state index < -0.39 is 17.7 Å². The third-order valence-corrected chi connectivity index (χ3v) is 4.42. The van der Waals surface area contributed by atoms with E-state index in [1.807, 2.05) is 30.3 Å². The van der Waals surface area contributed by atoms with Gasteiger partial charge in [0.25, 0.3) is 0 Å². The number of halogens is 2. The summed E-state index contributed by atoms with van der Waals surface area (Å²) in [6, 6.07) is 13.2. The SMILES string of the molecule is C[C@@H](OCC1(c2ccccc2)CC(=O)C1)c1cc(F)cc(F)c1. The molecule has 0 saturated heterocycles. The first-order chi connectivity index (χ1) is 11.0. The Bertz CT molecular complexity index is 684. The summed E-state index contributed by atoms with van der Waals surface area (Å²) in [6.07, 6.45) is 0.444. The van der Waals surface area contributed by atoms with Crippen LogP contribution < -0.4 is 0 Å². The highest BCUT2D eigenvalue weighted by molar-refractivity contribution is 5.88. The van der Waals surface area contributed by atoms with Crippen molar-refractivity contribution in [2.75, 3.05) is 6.61 Å². The Morgan fingerprint density at radius 1 is 1.09 bits per heavy atom. The number of ether oxygens (including phenoxy) is 1. The van der Waals surface area contributed by atoms with Crippen LogP contribution in [0, 0.1) is 11.6 Å². The van der Waals surface area contributed by atoms with Crippen LogP contribution in [-0.2, 0) is 14.9 Å². The molecular formula is C19H18F2O2. The molecule has 1 aliphatic rings. The van der Waals surface area contributed by atoms with Gasteiger partial charge >= 0.3 is 0 Å². The number of benzene rings is 2. The predicted molar refractivity (Wildman–Crippen MR) is 83.1 cm³/mol. The fourth-order valence-corrected chi connectivity index (χ4v) is 3.07. The molecule has 4 heteroatoms. The lowest BCUT2D eigenvalue weighted by molar-refractivity contribution is -0.132. The molecule has 0 spiro atoms. The molecule has 0 amide bonds. The van der Waals surface area contributed by atoms with Gasteiger partial charge in [0.05, 0.1) is 12.7 Å². The number of carbonyl (C=O) groups excluding carboxylic acids is 1. The minimum atomic E-state index is -0.618. The molecule has 0 aliphatic heterocycles. The molecule has 0 aromatic heterocycles. The number of ketones is 1. The van der Waals surface area contributed by atoms with Gasteiger partial charge in [-0.1, -0.05) is 30.3 Å². The van der Waals surface area contributed by atoms with Crippen LogP contribution in [-0.4, -0.2) is 12.4 Å². The number of Topliss-reactive ketones (excluding diaryl/α,β-unsaturated/α-hetero) is 1. The minimum absolute atomic E-state index is 0.210. The number of hydrogen-bond donors (Lipinski definition) is 0. The quantitative estimate of drug-likeness (QED) is 0.820. The minimum Gasteiger partial charge on any atom is -0.373 e. The van der Waals surface area contributed by atoms with Crippen molar-refractivity contribution in [3.8, 4) is 0 Å². The normalized spacial score (nSPS) is 17.6. The van der Waals surface area contributed by atoms with Crippen molar-refractivity contribution < 1.29 is 18.3 Å². The molecule has 0 unspecified atom stereocenters. The Morgan fingerprint density at radius 2 is 1.70 bits per heavy atom. The van der Waals surface area contributed by atoms with E-state index in [9.17, 15) is 13.6 Å². The van der Waals surface area contributed by atoms with Gasteiger partial charge in [-0.25, -0.2) is 8.78 Å². The summed E-state index contributed by atoms with van der Waals surface area (Å²) >= 11 is 0. The summed E-state index contributed by atoms with van der Waals surface area (Å²) in [7, 11) is 0. The van der Waals surface area contributed by atoms with Gasteiger partial charge in [-0.3, -0.25) is 4.79 Å². The van der Waals surface area contributed by atoms with Gasteiger partial charge in [0.2, 0.25) is 0 Å². The van der Waals surface area contributed by atoms with Crippen molar-refractivity contribution in [2.24, 2.45) is 0 Å². The summed E-state index contributed by atoms with van der Waals surface area (Å²) in [5.74, 6) is -1.03. The predicted octanol–water partition coefficient (Wildman–Crippen LogP) is 4.34. The van der Waals surface area contributed by atoms with E-state index in [1.165, 1.54) is 12.1 Å². The summed E-state index contributed by atoms with van der Waals surface area (Å²) in [5.41, 5.74) is 1.20. The maximum absolute atomic E-state index is 13.3. The number of rotatable bonds is 5. The van der Waals surface area contributed by atoms with Crippen LogP contribution in [0.2, 0.25) is 0 Å². The zero-order chi connectivity index (χ0) is 16.4. The van der Waals surface area contributed by atoms with E-state index >= 15 is 0 Å². The zero-order valence-corrected chi connectivity index (χ0v) is 12.9. The van der Waals surface area contributed by atoms with Crippen molar-refractivity contribution >= 4 is 5.78 Å². The second kappa shape index (κ2) is 6.20. The molecule has 0 N–H and O–H groups in total. The third kappa shape index (κ3) is 3.32. The van der Waals surface area contributed by atoms with Crippen LogP contribution in [0.3, 0.4) is 0 Å². The van der Waals surface area contributed by atoms with Gasteiger partial charge in [-0.15, -0.1) is 0 Å². The first kappa shape index (κ1) is 15.8. The number of carbonyl (C=O) groups is 1. The summed E-state index contributed by atoms with van der Waals surface area (Å²) in [4.78, 5) is 11.5. The van der Waals surface area contributed by atoms with Gasteiger partial charge in [0, 0.05) is 24.3 Å². The first-order valence-electron chi connectivity index (χ1n) is 7.63. The van der Waals surface area contributed by atoms with Gasteiger partial charge in [0.15, 0.2) is 0 Å². The molecule has 1 atom stereocenters. The highest BCUT2D eigenvalue weighted by atomic mass is 19.1. The van der Waals surface area contributed by atoms with Crippen molar-refractivity contribution in [3.63, 3.8) is 0 Å². The maximum Gasteiger partial charge on any atom is 0.134 e. The molecule has 1 saturated carbocycles. The topological polar surface area (TPSA) is 26.3 Å². The van der Waals surface area contributed by atoms with E-state index in [4.69, 9.17) is 4.74 Å². The molecule has 2 aromatic carbocycles. The van der Waals surface area contributed by atoms with Gasteiger partial charge in [-0.2, -0.15) is 0 Å². The molecule has 1 aliphatic carbocycles. The lowest BCUT2D eigenvalue weighted by Crippen LogP contribution is -2.45. The lowest BCUT2D eigenvalue weighted by atomic mass is 9.64. The third-order valence-electron chi connectivity index (χ3n) is 4.42. The summed E-state index contributed by atoms with van der Waals surface area (Å²) < 4.78 is 32.5. The Hall–Kier alpha value is -2.07. The fraction of sp³-hybridized carbons (Fsp3) is 0.316. The summed E-state index contributed by atoms with van der Waals surface area (Å²) in [6.45, 7) is 2.11. The van der Waals surface area contributed by atoms with Crippen molar-refractivity contribution in [1.82, 2.24) is 0 Å². The Labute approximate surface area is 134 Å². The van der Waals surface area contributed by atoms with E-state index in [1.54, 1.807) is 6.92 Å². The molecule has 0 radical (unpaired) electrons. The maximum atomic E-state index is 13.3. The molecule has 0 bridgehead atoms. The summed E-state index contributed by atoms with van der Waals surface area (Å²) in [5, 5.41) is 0. The van der Waals surface area contributed by atoms with Crippen LogP contribution >= 0.6 is 0 Å². The number of hydrogen-bond acceptors (Lipinski definition) is 2. The highest BCUT2D eigenvalue weighted by Crippen LogP contribution is 2.42. The smallest absolute Gasteiger partial charge is 0.134 e. The molecule has 2 aromatic rings. The van der Waals surface area contributed by atoms with Crippen LogP contribution in [0.5, 0.6) is 0 Å². The first-order valence-corrected chi connectivity index (χ1v) is 7.63. The largest absolute Gasteiger partial charge is 0.373 e. The average Bonchev–Trinajstić information content (AvgIpc) is 2.50. The van der Waals surface area contributed by atoms with Crippen molar-refractivity contribution in [3.05, 3.63) is 71.3 Å². The Morgan fingerprint density at radius 3 is 2.26 bits per heavy atom. The van der Waals surface area contributed by atoms with Crippen LogP contribution in [0.15, 0.2) is 48.5 Å². The second-order valence-electron chi connectivity index (χ2n) is 6.19. The van der Waals surface area contributed by atoms with E-state index in [0.717, 1.165) is 11.6 Å². The van der Waals surface area contributed by atoms with Crippen LogP contribution in [0.1, 0.15) is 37.0 Å². The zero-order valence-electron chi connectivity index (χ0n) is 12.9. The van der Waals surface area contributed by atoms with Crippen LogP contribution in [0.25, 0.3) is 0 Å².